The van der Waals surface area contributed by atoms with Gasteiger partial charge in [0.15, 0.2) is 0 Å². The van der Waals surface area contributed by atoms with Crippen molar-refractivity contribution in [2.75, 3.05) is 26.2 Å². The molecule has 1 saturated carbocycles. The Bertz CT molecular complexity index is 317. The fraction of sp³-hybridized carbons (Fsp3) is 0.933. The number of rotatable bonds is 6. The van der Waals surface area contributed by atoms with Gasteiger partial charge in [-0.05, 0) is 63.6 Å². The Morgan fingerprint density at radius 3 is 2.63 bits per heavy atom. The Labute approximate surface area is 116 Å². The zero-order valence-corrected chi connectivity index (χ0v) is 12.3. The minimum absolute atomic E-state index is 0.325. The summed E-state index contributed by atoms with van der Waals surface area (Å²) in [6, 6.07) is 0. The van der Waals surface area contributed by atoms with Crippen LogP contribution in [0.5, 0.6) is 0 Å². The second kappa shape index (κ2) is 6.23. The van der Waals surface area contributed by atoms with Gasteiger partial charge >= 0.3 is 5.97 Å². The molecule has 0 spiro atoms. The monoisotopic (exact) mass is 268 g/mol. The van der Waals surface area contributed by atoms with Gasteiger partial charge in [0, 0.05) is 6.54 Å². The summed E-state index contributed by atoms with van der Waals surface area (Å²) in [4.78, 5) is 14.2. The number of aliphatic carboxylic acids is 1. The molecule has 1 aliphatic carbocycles. The molecule has 0 aromatic carbocycles. The average molecular weight is 268 g/mol. The first kappa shape index (κ1) is 14.8. The Balaban J connectivity index is 2.04. The third kappa shape index (κ3) is 3.48. The molecular formula is C15H28N2O2. The highest BCUT2D eigenvalue weighted by molar-refractivity contribution is 5.80. The molecule has 110 valence electrons. The third-order valence-electron chi connectivity index (χ3n) is 4.73. The lowest BCUT2D eigenvalue weighted by atomic mass is 9.92. The van der Waals surface area contributed by atoms with Crippen molar-refractivity contribution in [3.05, 3.63) is 0 Å². The van der Waals surface area contributed by atoms with E-state index in [0.29, 0.717) is 12.5 Å². The van der Waals surface area contributed by atoms with Crippen LogP contribution in [-0.4, -0.2) is 47.7 Å². The number of likely N-dealkylation sites (N-methyl/N-ethyl adjacent to an activating group) is 1. The van der Waals surface area contributed by atoms with Crippen LogP contribution < -0.4 is 5.32 Å². The molecule has 1 saturated heterocycles. The van der Waals surface area contributed by atoms with Crippen LogP contribution in [0.3, 0.4) is 0 Å². The van der Waals surface area contributed by atoms with Crippen LogP contribution in [0.25, 0.3) is 0 Å². The number of nitrogens with one attached hydrogen (secondary N) is 1. The van der Waals surface area contributed by atoms with E-state index in [2.05, 4.69) is 17.1 Å². The molecule has 0 radical (unpaired) electrons. The number of carbonyl (C=O) groups is 1. The molecule has 1 heterocycles. The normalized spacial score (nSPS) is 28.6. The number of nitrogens with zero attached hydrogens (tertiary/aromatic N) is 1. The maximum Gasteiger partial charge on any atom is 0.325 e. The van der Waals surface area contributed by atoms with Crippen molar-refractivity contribution in [1.29, 1.82) is 0 Å². The van der Waals surface area contributed by atoms with Crippen LogP contribution in [0.1, 0.15) is 46.0 Å². The molecule has 2 fully saturated rings. The molecule has 1 aliphatic heterocycles. The van der Waals surface area contributed by atoms with Gasteiger partial charge in [-0.3, -0.25) is 4.79 Å². The lowest BCUT2D eigenvalue weighted by Crippen LogP contribution is -2.60. The Kier molecular flexibility index (Phi) is 4.85. The summed E-state index contributed by atoms with van der Waals surface area (Å²) in [5.74, 6) is 0.448. The molecule has 0 bridgehead atoms. The summed E-state index contributed by atoms with van der Waals surface area (Å²) in [6.07, 6.45) is 5.80. The van der Waals surface area contributed by atoms with E-state index in [9.17, 15) is 9.90 Å². The predicted octanol–water partition coefficient (Wildman–Crippen LogP) is 1.95. The quantitative estimate of drug-likeness (QED) is 0.773. The lowest BCUT2D eigenvalue weighted by molar-refractivity contribution is -0.147. The van der Waals surface area contributed by atoms with Gasteiger partial charge in [0.2, 0.25) is 0 Å². The Morgan fingerprint density at radius 1 is 1.32 bits per heavy atom. The van der Waals surface area contributed by atoms with Gasteiger partial charge in [0.1, 0.15) is 5.54 Å². The fourth-order valence-corrected chi connectivity index (χ4v) is 3.37. The van der Waals surface area contributed by atoms with Crippen molar-refractivity contribution in [2.24, 2.45) is 11.8 Å². The van der Waals surface area contributed by atoms with Gasteiger partial charge in [-0.1, -0.05) is 13.8 Å². The second-order valence-electron chi connectivity index (χ2n) is 6.39. The molecule has 0 aromatic heterocycles. The predicted molar refractivity (Wildman–Crippen MR) is 76.2 cm³/mol. The minimum Gasteiger partial charge on any atom is -0.480 e. The Hall–Kier alpha value is -0.610. The summed E-state index contributed by atoms with van der Waals surface area (Å²) in [5, 5.41) is 13.0. The van der Waals surface area contributed by atoms with E-state index >= 15 is 0 Å². The summed E-state index contributed by atoms with van der Waals surface area (Å²) in [5.41, 5.74) is -0.706. The third-order valence-corrected chi connectivity index (χ3v) is 4.73. The molecule has 2 atom stereocenters. The van der Waals surface area contributed by atoms with E-state index in [4.69, 9.17) is 0 Å². The summed E-state index contributed by atoms with van der Waals surface area (Å²) in [7, 11) is 0. The topological polar surface area (TPSA) is 52.6 Å². The Morgan fingerprint density at radius 2 is 2.05 bits per heavy atom. The fourth-order valence-electron chi connectivity index (χ4n) is 3.37. The highest BCUT2D eigenvalue weighted by Crippen LogP contribution is 2.40. The number of likely N-dealkylation sites (tertiary alicyclic amines) is 1. The number of hydrogen-bond acceptors (Lipinski definition) is 3. The van der Waals surface area contributed by atoms with E-state index in [1.165, 1.54) is 19.3 Å². The molecule has 0 amide bonds. The van der Waals surface area contributed by atoms with Gasteiger partial charge in [0.05, 0.1) is 0 Å². The van der Waals surface area contributed by atoms with Crippen molar-refractivity contribution in [3.8, 4) is 0 Å². The molecule has 19 heavy (non-hydrogen) atoms. The lowest BCUT2D eigenvalue weighted by Gasteiger charge is -2.35. The van der Waals surface area contributed by atoms with Gasteiger partial charge in [0.25, 0.3) is 0 Å². The second-order valence-corrected chi connectivity index (χ2v) is 6.39. The molecule has 2 rings (SSSR count). The first-order chi connectivity index (χ1) is 9.08. The zero-order valence-electron chi connectivity index (χ0n) is 12.3. The molecule has 2 unspecified atom stereocenters. The van der Waals surface area contributed by atoms with Crippen molar-refractivity contribution >= 4 is 5.97 Å². The standard InChI is InChI=1S/C15H28N2O2/c1-3-16-15(14(18)19,13-6-7-13)11-17-9-4-5-12(2)8-10-17/h12-13,16H,3-11H2,1-2H3,(H,18,19). The van der Waals surface area contributed by atoms with Crippen molar-refractivity contribution in [3.63, 3.8) is 0 Å². The summed E-state index contributed by atoms with van der Waals surface area (Å²) >= 11 is 0. The average Bonchev–Trinajstić information content (AvgIpc) is 3.17. The van der Waals surface area contributed by atoms with E-state index in [-0.39, 0.29) is 0 Å². The van der Waals surface area contributed by atoms with Crippen LogP contribution >= 0.6 is 0 Å². The number of hydrogen-bond donors (Lipinski definition) is 2. The molecule has 4 nitrogen and oxygen atoms in total. The molecule has 2 N–H and O–H groups in total. The maximum absolute atomic E-state index is 11.8. The van der Waals surface area contributed by atoms with Gasteiger partial charge in [-0.2, -0.15) is 0 Å². The van der Waals surface area contributed by atoms with Crippen LogP contribution in [0, 0.1) is 11.8 Å². The van der Waals surface area contributed by atoms with Gasteiger partial charge in [-0.25, -0.2) is 0 Å². The van der Waals surface area contributed by atoms with Crippen molar-refractivity contribution in [1.82, 2.24) is 10.2 Å². The minimum atomic E-state index is -0.706. The van der Waals surface area contributed by atoms with E-state index in [0.717, 1.165) is 38.4 Å². The SMILES string of the molecule is CCNC(CN1CCCC(C)CC1)(C(=O)O)C1CC1. The molecule has 2 aliphatic rings. The highest BCUT2D eigenvalue weighted by Gasteiger charge is 2.51. The summed E-state index contributed by atoms with van der Waals surface area (Å²) < 4.78 is 0. The number of carboxylic acids is 1. The van der Waals surface area contributed by atoms with Crippen LogP contribution in [0.15, 0.2) is 0 Å². The molecular weight excluding hydrogens is 240 g/mol. The highest BCUT2D eigenvalue weighted by atomic mass is 16.4. The maximum atomic E-state index is 11.8. The molecule has 0 aromatic rings. The van der Waals surface area contributed by atoms with Crippen molar-refractivity contribution < 1.29 is 9.90 Å². The van der Waals surface area contributed by atoms with E-state index < -0.39 is 11.5 Å². The zero-order chi connectivity index (χ0) is 13.9. The smallest absolute Gasteiger partial charge is 0.325 e. The summed E-state index contributed by atoms with van der Waals surface area (Å²) in [6.45, 7) is 7.82. The first-order valence-corrected chi connectivity index (χ1v) is 7.79. The molecule has 4 heteroatoms. The van der Waals surface area contributed by atoms with Crippen LogP contribution in [0.2, 0.25) is 0 Å². The van der Waals surface area contributed by atoms with Crippen LogP contribution in [0.4, 0.5) is 0 Å². The van der Waals surface area contributed by atoms with Gasteiger partial charge in [-0.15, -0.1) is 0 Å². The largest absolute Gasteiger partial charge is 0.480 e. The van der Waals surface area contributed by atoms with E-state index in [1.807, 2.05) is 6.92 Å². The first-order valence-electron chi connectivity index (χ1n) is 7.79. The van der Waals surface area contributed by atoms with Gasteiger partial charge < -0.3 is 15.3 Å². The van der Waals surface area contributed by atoms with Crippen LogP contribution in [-0.2, 0) is 4.79 Å². The van der Waals surface area contributed by atoms with Crippen molar-refractivity contribution in [2.45, 2.75) is 51.5 Å². The number of carboxylic acid groups (broad SMARTS) is 1. The van der Waals surface area contributed by atoms with E-state index in [1.54, 1.807) is 0 Å².